The normalized spacial score (nSPS) is 16.7. The Labute approximate surface area is 64.7 Å². The topological polar surface area (TPSA) is 34.9 Å². The zero-order valence-electron chi connectivity index (χ0n) is 6.23. The average Bonchev–Trinajstić information content (AvgIpc) is 2.78. The zero-order valence-corrected chi connectivity index (χ0v) is 6.23. The van der Waals surface area contributed by atoms with Crippen molar-refractivity contribution in [3.8, 4) is 0 Å². The van der Waals surface area contributed by atoms with Crippen molar-refractivity contribution in [3.05, 3.63) is 28.9 Å². The molecule has 0 amide bonds. The predicted octanol–water partition coefficient (Wildman–Crippen LogP) is 0.653. The first kappa shape index (κ1) is 6.58. The number of rotatable bonds is 2. The van der Waals surface area contributed by atoms with E-state index in [0.717, 1.165) is 12.5 Å². The van der Waals surface area contributed by atoms with Gasteiger partial charge < -0.3 is 0 Å². The Morgan fingerprint density at radius 1 is 1.64 bits per heavy atom. The van der Waals surface area contributed by atoms with Crippen molar-refractivity contribution in [3.63, 3.8) is 0 Å². The summed E-state index contributed by atoms with van der Waals surface area (Å²) in [5.41, 5.74) is 0.0619. The van der Waals surface area contributed by atoms with Gasteiger partial charge in [0.25, 0.3) is 5.56 Å². The van der Waals surface area contributed by atoms with Crippen LogP contribution in [0, 0.1) is 5.92 Å². The molecule has 2 rings (SSSR count). The minimum absolute atomic E-state index is 0.0619. The van der Waals surface area contributed by atoms with Gasteiger partial charge >= 0.3 is 0 Å². The van der Waals surface area contributed by atoms with Crippen molar-refractivity contribution in [2.24, 2.45) is 5.92 Å². The van der Waals surface area contributed by atoms with E-state index in [0.29, 0.717) is 0 Å². The van der Waals surface area contributed by atoms with Gasteiger partial charge in [-0.1, -0.05) is 0 Å². The maximum Gasteiger partial charge on any atom is 0.253 e. The highest BCUT2D eigenvalue weighted by atomic mass is 16.1. The van der Waals surface area contributed by atoms with Crippen LogP contribution in [0.25, 0.3) is 0 Å². The minimum Gasteiger partial charge on any atom is -0.299 e. The molecule has 0 aliphatic heterocycles. The predicted molar refractivity (Wildman–Crippen MR) is 41.2 cm³/mol. The van der Waals surface area contributed by atoms with Crippen LogP contribution in [0.1, 0.15) is 12.8 Å². The Balaban J connectivity index is 2.21. The molecule has 3 heteroatoms. The molecule has 1 fully saturated rings. The summed E-state index contributed by atoms with van der Waals surface area (Å²) in [7, 11) is 0. The molecular formula is C8H10N2O. The maximum atomic E-state index is 11.1. The van der Waals surface area contributed by atoms with Gasteiger partial charge in [-0.15, -0.1) is 0 Å². The summed E-state index contributed by atoms with van der Waals surface area (Å²) in [5, 5.41) is 0. The van der Waals surface area contributed by atoms with Gasteiger partial charge in [-0.3, -0.25) is 9.36 Å². The molecule has 0 unspecified atom stereocenters. The second-order valence-corrected chi connectivity index (χ2v) is 3.01. The molecule has 11 heavy (non-hydrogen) atoms. The lowest BCUT2D eigenvalue weighted by molar-refractivity contribution is 0.596. The molecule has 1 aliphatic rings. The lowest BCUT2D eigenvalue weighted by Gasteiger charge is -2.00. The lowest BCUT2D eigenvalue weighted by atomic mass is 10.4. The average molecular weight is 150 g/mol. The van der Waals surface area contributed by atoms with Crippen LogP contribution < -0.4 is 5.56 Å². The van der Waals surface area contributed by atoms with E-state index in [1.807, 2.05) is 0 Å². The van der Waals surface area contributed by atoms with E-state index >= 15 is 0 Å². The number of hydrogen-bond acceptors (Lipinski definition) is 2. The largest absolute Gasteiger partial charge is 0.299 e. The molecule has 0 N–H and O–H groups in total. The fourth-order valence-corrected chi connectivity index (χ4v) is 1.09. The van der Waals surface area contributed by atoms with Gasteiger partial charge in [0.1, 0.15) is 0 Å². The third-order valence-electron chi connectivity index (χ3n) is 1.94. The standard InChI is InChI=1S/C8H10N2O/c11-8-3-4-9-6-10(8)5-7-1-2-7/h3-4,6-7H,1-2,5H2. The maximum absolute atomic E-state index is 11.1. The van der Waals surface area contributed by atoms with Crippen LogP contribution in [-0.4, -0.2) is 9.55 Å². The Bertz CT molecular complexity index is 301. The van der Waals surface area contributed by atoms with Crippen molar-refractivity contribution >= 4 is 0 Å². The molecule has 3 nitrogen and oxygen atoms in total. The Hall–Kier alpha value is -1.12. The second kappa shape index (κ2) is 2.49. The summed E-state index contributed by atoms with van der Waals surface area (Å²) in [6.45, 7) is 0.854. The fraction of sp³-hybridized carbons (Fsp3) is 0.500. The molecule has 58 valence electrons. The molecule has 1 aromatic heterocycles. The van der Waals surface area contributed by atoms with Crippen LogP contribution >= 0.6 is 0 Å². The first-order valence-electron chi connectivity index (χ1n) is 3.87. The SMILES string of the molecule is O=c1ccncn1CC1CC1. The van der Waals surface area contributed by atoms with Gasteiger partial charge in [-0.2, -0.15) is 0 Å². The second-order valence-electron chi connectivity index (χ2n) is 3.01. The zero-order chi connectivity index (χ0) is 7.68. The molecule has 1 aromatic rings. The van der Waals surface area contributed by atoms with Crippen molar-refractivity contribution in [2.45, 2.75) is 19.4 Å². The first-order valence-corrected chi connectivity index (χ1v) is 3.87. The van der Waals surface area contributed by atoms with E-state index in [9.17, 15) is 4.79 Å². The first-order chi connectivity index (χ1) is 5.36. The van der Waals surface area contributed by atoms with Crippen molar-refractivity contribution in [1.29, 1.82) is 0 Å². The van der Waals surface area contributed by atoms with Crippen molar-refractivity contribution < 1.29 is 0 Å². The molecular weight excluding hydrogens is 140 g/mol. The van der Waals surface area contributed by atoms with Gasteiger partial charge in [-0.25, -0.2) is 4.98 Å². The quantitative estimate of drug-likeness (QED) is 0.620. The van der Waals surface area contributed by atoms with Gasteiger partial charge in [0, 0.05) is 18.8 Å². The van der Waals surface area contributed by atoms with Crippen LogP contribution in [0.3, 0.4) is 0 Å². The van der Waals surface area contributed by atoms with Gasteiger partial charge in [-0.05, 0) is 18.8 Å². The Morgan fingerprint density at radius 2 is 2.45 bits per heavy atom. The fourth-order valence-electron chi connectivity index (χ4n) is 1.09. The van der Waals surface area contributed by atoms with E-state index in [1.165, 1.54) is 25.1 Å². The third kappa shape index (κ3) is 1.48. The summed E-state index contributed by atoms with van der Waals surface area (Å²) in [6.07, 6.45) is 5.68. The Kier molecular flexibility index (Phi) is 1.49. The molecule has 1 saturated carbocycles. The highest BCUT2D eigenvalue weighted by Crippen LogP contribution is 2.29. The summed E-state index contributed by atoms with van der Waals surface area (Å²) in [6, 6.07) is 1.50. The number of nitrogens with zero attached hydrogens (tertiary/aromatic N) is 2. The molecule has 0 spiro atoms. The van der Waals surface area contributed by atoms with Crippen molar-refractivity contribution in [1.82, 2.24) is 9.55 Å². The molecule has 0 bridgehead atoms. The molecule has 0 atom stereocenters. The van der Waals surface area contributed by atoms with E-state index in [1.54, 1.807) is 10.9 Å². The Morgan fingerprint density at radius 3 is 3.09 bits per heavy atom. The highest BCUT2D eigenvalue weighted by molar-refractivity contribution is 4.84. The highest BCUT2D eigenvalue weighted by Gasteiger charge is 2.21. The van der Waals surface area contributed by atoms with E-state index in [-0.39, 0.29) is 5.56 Å². The molecule has 1 heterocycles. The summed E-state index contributed by atoms with van der Waals surface area (Å²) in [4.78, 5) is 15.0. The van der Waals surface area contributed by atoms with E-state index < -0.39 is 0 Å². The number of hydrogen-bond donors (Lipinski definition) is 0. The monoisotopic (exact) mass is 150 g/mol. The molecule has 0 radical (unpaired) electrons. The summed E-state index contributed by atoms with van der Waals surface area (Å²) < 4.78 is 1.68. The molecule has 0 aromatic carbocycles. The minimum atomic E-state index is 0.0619. The van der Waals surface area contributed by atoms with Crippen LogP contribution in [0.2, 0.25) is 0 Å². The van der Waals surface area contributed by atoms with Gasteiger partial charge in [0.15, 0.2) is 0 Å². The van der Waals surface area contributed by atoms with Gasteiger partial charge in [0.05, 0.1) is 6.33 Å². The molecule has 0 saturated heterocycles. The van der Waals surface area contributed by atoms with Crippen molar-refractivity contribution in [2.75, 3.05) is 0 Å². The summed E-state index contributed by atoms with van der Waals surface area (Å²) in [5.74, 6) is 0.733. The number of aromatic nitrogens is 2. The van der Waals surface area contributed by atoms with Gasteiger partial charge in [0.2, 0.25) is 0 Å². The van der Waals surface area contributed by atoms with Crippen LogP contribution in [-0.2, 0) is 6.54 Å². The summed E-state index contributed by atoms with van der Waals surface area (Å²) >= 11 is 0. The lowest BCUT2D eigenvalue weighted by Crippen LogP contribution is -2.19. The smallest absolute Gasteiger partial charge is 0.253 e. The van der Waals surface area contributed by atoms with Crippen LogP contribution in [0.4, 0.5) is 0 Å². The van der Waals surface area contributed by atoms with E-state index in [2.05, 4.69) is 4.98 Å². The van der Waals surface area contributed by atoms with E-state index in [4.69, 9.17) is 0 Å². The van der Waals surface area contributed by atoms with Crippen LogP contribution in [0.5, 0.6) is 0 Å². The van der Waals surface area contributed by atoms with Crippen LogP contribution in [0.15, 0.2) is 23.4 Å². The molecule has 1 aliphatic carbocycles. The third-order valence-corrected chi connectivity index (χ3v) is 1.94.